The summed E-state index contributed by atoms with van der Waals surface area (Å²) < 4.78 is 14.2. The third-order valence-electron chi connectivity index (χ3n) is 2.27. The summed E-state index contributed by atoms with van der Waals surface area (Å²) in [4.78, 5) is 10.1. The highest BCUT2D eigenvalue weighted by Crippen LogP contribution is 2.30. The molecule has 0 amide bonds. The van der Waals surface area contributed by atoms with Crippen LogP contribution < -0.4 is 5.32 Å². The summed E-state index contributed by atoms with van der Waals surface area (Å²) in [5, 5.41) is 13.6. The molecule has 0 aliphatic carbocycles. The topological polar surface area (TPSA) is 55.2 Å². The Bertz CT molecular complexity index is 604. The number of halogens is 2. The molecule has 0 aliphatic heterocycles. The molecule has 2 aromatic carbocycles. The third-order valence-corrected chi connectivity index (χ3v) is 2.77. The van der Waals surface area contributed by atoms with Crippen molar-refractivity contribution >= 4 is 33.0 Å². The molecule has 4 nitrogen and oxygen atoms in total. The van der Waals surface area contributed by atoms with Crippen LogP contribution in [0, 0.1) is 15.9 Å². The van der Waals surface area contributed by atoms with E-state index < -0.39 is 16.4 Å². The first-order valence-electron chi connectivity index (χ1n) is 5.03. The van der Waals surface area contributed by atoms with Gasteiger partial charge in [-0.1, -0.05) is 28.1 Å². The van der Waals surface area contributed by atoms with E-state index in [-0.39, 0.29) is 5.69 Å². The monoisotopic (exact) mass is 310 g/mol. The van der Waals surface area contributed by atoms with Gasteiger partial charge in [0, 0.05) is 10.2 Å². The van der Waals surface area contributed by atoms with Gasteiger partial charge in [0.2, 0.25) is 5.82 Å². The van der Waals surface area contributed by atoms with Crippen LogP contribution in [0.25, 0.3) is 0 Å². The van der Waals surface area contributed by atoms with Crippen LogP contribution in [0.2, 0.25) is 0 Å². The van der Waals surface area contributed by atoms with Gasteiger partial charge in [0.1, 0.15) is 5.69 Å². The molecule has 0 aromatic heterocycles. The highest BCUT2D eigenvalue weighted by Gasteiger charge is 2.19. The second kappa shape index (κ2) is 5.14. The van der Waals surface area contributed by atoms with Gasteiger partial charge in [-0.2, -0.15) is 4.39 Å². The summed E-state index contributed by atoms with van der Waals surface area (Å²) in [6, 6.07) is 11.0. The highest BCUT2D eigenvalue weighted by molar-refractivity contribution is 9.10. The quantitative estimate of drug-likeness (QED) is 0.681. The maximum atomic E-state index is 13.4. The zero-order valence-corrected chi connectivity index (χ0v) is 10.6. The molecule has 0 fully saturated rings. The smallest absolute Gasteiger partial charge is 0.327 e. The van der Waals surface area contributed by atoms with Crippen molar-refractivity contribution in [2.24, 2.45) is 0 Å². The lowest BCUT2D eigenvalue weighted by Crippen LogP contribution is -1.99. The van der Waals surface area contributed by atoms with E-state index in [0.717, 1.165) is 10.5 Å². The number of anilines is 2. The van der Waals surface area contributed by atoms with Crippen LogP contribution >= 0.6 is 15.9 Å². The van der Waals surface area contributed by atoms with Crippen LogP contribution in [-0.4, -0.2) is 4.92 Å². The van der Waals surface area contributed by atoms with Gasteiger partial charge in [-0.05, 0) is 30.3 Å². The predicted molar refractivity (Wildman–Crippen MR) is 70.5 cm³/mol. The molecule has 0 saturated carbocycles. The summed E-state index contributed by atoms with van der Waals surface area (Å²) in [6.45, 7) is 0. The molecule has 2 rings (SSSR count). The third kappa shape index (κ3) is 2.65. The van der Waals surface area contributed by atoms with Crippen molar-refractivity contribution in [2.75, 3.05) is 5.32 Å². The van der Waals surface area contributed by atoms with E-state index in [1.807, 2.05) is 6.07 Å². The molecule has 6 heteroatoms. The largest absolute Gasteiger partial charge is 0.350 e. The fourth-order valence-electron chi connectivity index (χ4n) is 1.52. The summed E-state index contributed by atoms with van der Waals surface area (Å²) in [7, 11) is 0. The van der Waals surface area contributed by atoms with E-state index in [9.17, 15) is 14.5 Å². The Labute approximate surface area is 111 Å². The van der Waals surface area contributed by atoms with Crippen molar-refractivity contribution in [3.63, 3.8) is 0 Å². The molecule has 92 valence electrons. The van der Waals surface area contributed by atoms with Crippen LogP contribution in [0.3, 0.4) is 0 Å². The Kier molecular flexibility index (Phi) is 3.57. The van der Waals surface area contributed by atoms with Crippen molar-refractivity contribution < 1.29 is 9.31 Å². The highest BCUT2D eigenvalue weighted by atomic mass is 79.9. The summed E-state index contributed by atoms with van der Waals surface area (Å²) in [5.41, 5.74) is 0.202. The fraction of sp³-hybridized carbons (Fsp3) is 0. The molecule has 0 bridgehead atoms. The zero-order chi connectivity index (χ0) is 13.1. The summed E-state index contributed by atoms with van der Waals surface area (Å²) in [5.74, 6) is -0.861. The van der Waals surface area contributed by atoms with Gasteiger partial charge < -0.3 is 5.32 Å². The minimum absolute atomic E-state index is 0.123. The Hall–Kier alpha value is -1.95. The molecule has 18 heavy (non-hydrogen) atoms. The van der Waals surface area contributed by atoms with Gasteiger partial charge in [-0.15, -0.1) is 0 Å². The van der Waals surface area contributed by atoms with Crippen LogP contribution in [0.4, 0.5) is 21.5 Å². The molecule has 0 saturated heterocycles. The first kappa shape index (κ1) is 12.5. The molecular weight excluding hydrogens is 303 g/mol. The number of hydrogen-bond donors (Lipinski definition) is 1. The second-order valence-corrected chi connectivity index (χ2v) is 4.44. The number of nitrogens with zero attached hydrogens (tertiary/aromatic N) is 1. The van der Waals surface area contributed by atoms with Crippen molar-refractivity contribution in [1.82, 2.24) is 0 Å². The van der Waals surface area contributed by atoms with Gasteiger partial charge in [-0.25, -0.2) is 0 Å². The lowest BCUT2D eigenvalue weighted by molar-refractivity contribution is -0.386. The average Bonchev–Trinajstić information content (AvgIpc) is 2.28. The molecule has 1 N–H and O–H groups in total. The zero-order valence-electron chi connectivity index (χ0n) is 9.06. The summed E-state index contributed by atoms with van der Waals surface area (Å²) in [6.07, 6.45) is 0. The van der Waals surface area contributed by atoms with E-state index in [0.29, 0.717) is 5.69 Å². The van der Waals surface area contributed by atoms with Gasteiger partial charge in [-0.3, -0.25) is 10.1 Å². The number of nitrogens with one attached hydrogen (secondary N) is 1. The van der Waals surface area contributed by atoms with Gasteiger partial charge in [0.05, 0.1) is 4.92 Å². The molecular formula is C12H8BrFN2O2. The molecule has 0 aliphatic rings. The van der Waals surface area contributed by atoms with Crippen LogP contribution in [0.5, 0.6) is 0 Å². The second-order valence-electron chi connectivity index (χ2n) is 3.53. The normalized spacial score (nSPS) is 10.1. The maximum absolute atomic E-state index is 13.4. The Balaban J connectivity index is 2.40. The number of benzene rings is 2. The van der Waals surface area contributed by atoms with E-state index in [4.69, 9.17) is 0 Å². The number of nitro groups is 1. The van der Waals surface area contributed by atoms with Crippen molar-refractivity contribution in [1.29, 1.82) is 0 Å². The first-order chi connectivity index (χ1) is 8.58. The molecule has 0 heterocycles. The van der Waals surface area contributed by atoms with Crippen molar-refractivity contribution in [2.45, 2.75) is 0 Å². The lowest BCUT2D eigenvalue weighted by Gasteiger charge is -2.07. The number of hydrogen-bond acceptors (Lipinski definition) is 3. The fourth-order valence-corrected chi connectivity index (χ4v) is 1.92. The Morgan fingerprint density at radius 2 is 1.94 bits per heavy atom. The van der Waals surface area contributed by atoms with E-state index in [2.05, 4.69) is 21.2 Å². The molecule has 0 radical (unpaired) electrons. The Morgan fingerprint density at radius 3 is 2.61 bits per heavy atom. The van der Waals surface area contributed by atoms with Crippen LogP contribution in [0.1, 0.15) is 0 Å². The predicted octanol–water partition coefficient (Wildman–Crippen LogP) is 4.24. The molecule has 0 atom stereocenters. The van der Waals surface area contributed by atoms with Gasteiger partial charge in [0.15, 0.2) is 0 Å². The maximum Gasteiger partial charge on any atom is 0.327 e. The number of nitro benzene ring substituents is 1. The van der Waals surface area contributed by atoms with Gasteiger partial charge in [0.25, 0.3) is 0 Å². The molecule has 0 spiro atoms. The van der Waals surface area contributed by atoms with Crippen molar-refractivity contribution in [3.8, 4) is 0 Å². The molecule has 2 aromatic rings. The Morgan fingerprint density at radius 1 is 1.22 bits per heavy atom. The standard InChI is InChI=1S/C12H8BrFN2O2/c13-8-3-1-4-9(7-8)15-11-6-2-5-10(14)12(11)16(17)18/h1-7,15H. The van der Waals surface area contributed by atoms with E-state index in [1.165, 1.54) is 12.1 Å². The minimum atomic E-state index is -0.861. The summed E-state index contributed by atoms with van der Waals surface area (Å²) >= 11 is 3.29. The lowest BCUT2D eigenvalue weighted by atomic mass is 10.2. The molecule has 0 unspecified atom stereocenters. The average molecular weight is 311 g/mol. The first-order valence-corrected chi connectivity index (χ1v) is 5.83. The van der Waals surface area contributed by atoms with Crippen LogP contribution in [-0.2, 0) is 0 Å². The van der Waals surface area contributed by atoms with Crippen LogP contribution in [0.15, 0.2) is 46.9 Å². The number of rotatable bonds is 3. The SMILES string of the molecule is O=[N+]([O-])c1c(F)cccc1Nc1cccc(Br)c1. The van der Waals surface area contributed by atoms with E-state index in [1.54, 1.807) is 18.2 Å². The minimum Gasteiger partial charge on any atom is -0.350 e. The van der Waals surface area contributed by atoms with Gasteiger partial charge >= 0.3 is 5.69 Å². The van der Waals surface area contributed by atoms with Crippen molar-refractivity contribution in [3.05, 3.63) is 62.9 Å². The number of para-hydroxylation sites is 1. The van der Waals surface area contributed by atoms with E-state index >= 15 is 0 Å².